The van der Waals surface area contributed by atoms with Crippen molar-refractivity contribution in [1.29, 1.82) is 0 Å². The summed E-state index contributed by atoms with van der Waals surface area (Å²) < 4.78 is 1.72. The second-order valence-corrected chi connectivity index (χ2v) is 4.43. The highest BCUT2D eigenvalue weighted by Gasteiger charge is 2.17. The second kappa shape index (κ2) is 6.37. The zero-order valence-corrected chi connectivity index (χ0v) is 10.8. The van der Waals surface area contributed by atoms with Crippen LogP contribution in [0.25, 0.3) is 0 Å². The van der Waals surface area contributed by atoms with Crippen molar-refractivity contribution >= 4 is 5.97 Å². The third kappa shape index (κ3) is 3.54. The molecular weight excluding hydrogens is 218 g/mol. The van der Waals surface area contributed by atoms with Crippen molar-refractivity contribution < 1.29 is 9.90 Å². The van der Waals surface area contributed by atoms with Crippen LogP contribution >= 0.6 is 0 Å². The van der Waals surface area contributed by atoms with Gasteiger partial charge in [-0.3, -0.25) is 0 Å². The Labute approximate surface area is 102 Å². The number of aromatic nitrogens is 3. The highest BCUT2D eigenvalue weighted by Crippen LogP contribution is 2.16. The minimum absolute atomic E-state index is 0.0651. The Kier molecular flexibility index (Phi) is 5.12. The summed E-state index contributed by atoms with van der Waals surface area (Å²) in [4.78, 5) is 10.8. The molecule has 1 heterocycles. The third-order valence-corrected chi connectivity index (χ3v) is 3.16. The van der Waals surface area contributed by atoms with Crippen LogP contribution in [-0.4, -0.2) is 26.1 Å². The summed E-state index contributed by atoms with van der Waals surface area (Å²) in [6.45, 7) is 6.86. The maximum Gasteiger partial charge on any atom is 0.358 e. The van der Waals surface area contributed by atoms with E-state index in [2.05, 4.69) is 24.2 Å². The van der Waals surface area contributed by atoms with Crippen LogP contribution in [0.15, 0.2) is 0 Å². The first kappa shape index (κ1) is 13.7. The van der Waals surface area contributed by atoms with E-state index < -0.39 is 5.97 Å². The first-order valence-corrected chi connectivity index (χ1v) is 6.23. The molecular formula is C12H21N3O2. The topological polar surface area (TPSA) is 68.0 Å². The fourth-order valence-electron chi connectivity index (χ4n) is 1.89. The van der Waals surface area contributed by atoms with Gasteiger partial charge in [-0.2, -0.15) is 0 Å². The van der Waals surface area contributed by atoms with Gasteiger partial charge in [0.2, 0.25) is 0 Å². The van der Waals surface area contributed by atoms with Gasteiger partial charge in [-0.25, -0.2) is 9.48 Å². The highest BCUT2D eigenvalue weighted by molar-refractivity contribution is 5.86. The quantitative estimate of drug-likeness (QED) is 0.793. The van der Waals surface area contributed by atoms with E-state index in [1.54, 1.807) is 11.6 Å². The number of carboxylic acid groups (broad SMARTS) is 1. The summed E-state index contributed by atoms with van der Waals surface area (Å²) in [6, 6.07) is 0. The van der Waals surface area contributed by atoms with Crippen LogP contribution in [0.5, 0.6) is 0 Å². The number of rotatable bonds is 7. The van der Waals surface area contributed by atoms with Crippen molar-refractivity contribution in [2.75, 3.05) is 0 Å². The molecule has 1 aromatic heterocycles. The van der Waals surface area contributed by atoms with Gasteiger partial charge in [-0.1, -0.05) is 38.3 Å². The number of aromatic carboxylic acids is 1. The van der Waals surface area contributed by atoms with Crippen molar-refractivity contribution in [3.8, 4) is 0 Å². The minimum Gasteiger partial charge on any atom is -0.476 e. The van der Waals surface area contributed by atoms with E-state index in [9.17, 15) is 4.79 Å². The minimum atomic E-state index is -1.00. The molecule has 0 radical (unpaired) electrons. The lowest BCUT2D eigenvalue weighted by atomic mass is 9.99. The number of hydrogen-bond donors (Lipinski definition) is 1. The SMILES string of the molecule is CCCCC(CC)Cn1nnc(C(=O)O)c1C. The Morgan fingerprint density at radius 3 is 2.65 bits per heavy atom. The highest BCUT2D eigenvalue weighted by atomic mass is 16.4. The molecule has 0 spiro atoms. The van der Waals surface area contributed by atoms with Gasteiger partial charge in [0, 0.05) is 6.54 Å². The molecule has 0 aliphatic heterocycles. The Balaban J connectivity index is 2.69. The van der Waals surface area contributed by atoms with E-state index in [0.29, 0.717) is 11.6 Å². The normalized spacial score (nSPS) is 12.6. The van der Waals surface area contributed by atoms with E-state index in [0.717, 1.165) is 19.4 Å². The molecule has 0 fully saturated rings. The maximum atomic E-state index is 10.8. The largest absolute Gasteiger partial charge is 0.476 e. The standard InChI is InChI=1S/C12H21N3O2/c1-4-6-7-10(5-2)8-15-9(3)11(12(16)17)13-14-15/h10H,4-8H2,1-3H3,(H,16,17). The van der Waals surface area contributed by atoms with Crippen molar-refractivity contribution in [2.45, 2.75) is 53.0 Å². The molecule has 96 valence electrons. The molecule has 1 N–H and O–H groups in total. The summed E-state index contributed by atoms with van der Waals surface area (Å²) in [5, 5.41) is 16.5. The first-order valence-electron chi connectivity index (χ1n) is 6.23. The molecule has 0 saturated heterocycles. The smallest absolute Gasteiger partial charge is 0.358 e. The summed E-state index contributed by atoms with van der Waals surface area (Å²) in [5.74, 6) is -0.452. The predicted molar refractivity (Wildman–Crippen MR) is 65.0 cm³/mol. The van der Waals surface area contributed by atoms with Crippen LogP contribution in [0.3, 0.4) is 0 Å². The van der Waals surface area contributed by atoms with E-state index in [4.69, 9.17) is 5.11 Å². The fourth-order valence-corrected chi connectivity index (χ4v) is 1.89. The van der Waals surface area contributed by atoms with Crippen molar-refractivity contribution in [2.24, 2.45) is 5.92 Å². The lowest BCUT2D eigenvalue weighted by Gasteiger charge is -2.14. The zero-order valence-electron chi connectivity index (χ0n) is 10.8. The molecule has 0 bridgehead atoms. The molecule has 5 nitrogen and oxygen atoms in total. The Morgan fingerprint density at radius 1 is 1.47 bits per heavy atom. The molecule has 0 aliphatic rings. The van der Waals surface area contributed by atoms with Gasteiger partial charge >= 0.3 is 5.97 Å². The number of carbonyl (C=O) groups is 1. The molecule has 17 heavy (non-hydrogen) atoms. The monoisotopic (exact) mass is 239 g/mol. The molecule has 1 unspecified atom stereocenters. The molecule has 0 aliphatic carbocycles. The van der Waals surface area contributed by atoms with E-state index in [1.165, 1.54) is 12.8 Å². The van der Waals surface area contributed by atoms with Crippen LogP contribution in [0.2, 0.25) is 0 Å². The van der Waals surface area contributed by atoms with Crippen molar-refractivity contribution in [3.63, 3.8) is 0 Å². The number of carboxylic acids is 1. The summed E-state index contributed by atoms with van der Waals surface area (Å²) in [7, 11) is 0. The first-order chi connectivity index (χ1) is 8.10. The van der Waals surface area contributed by atoms with Gasteiger partial charge < -0.3 is 5.11 Å². The number of unbranched alkanes of at least 4 members (excludes halogenated alkanes) is 1. The van der Waals surface area contributed by atoms with Crippen LogP contribution in [0.1, 0.15) is 55.7 Å². The zero-order chi connectivity index (χ0) is 12.8. The molecule has 0 saturated carbocycles. The third-order valence-electron chi connectivity index (χ3n) is 3.16. The fraction of sp³-hybridized carbons (Fsp3) is 0.750. The Morgan fingerprint density at radius 2 is 2.18 bits per heavy atom. The molecule has 1 atom stereocenters. The lowest BCUT2D eigenvalue weighted by Crippen LogP contribution is -2.13. The maximum absolute atomic E-state index is 10.8. The van der Waals surface area contributed by atoms with Crippen LogP contribution in [0, 0.1) is 12.8 Å². The summed E-state index contributed by atoms with van der Waals surface area (Å²) in [6.07, 6.45) is 4.64. The van der Waals surface area contributed by atoms with E-state index in [1.807, 2.05) is 0 Å². The van der Waals surface area contributed by atoms with Crippen LogP contribution in [-0.2, 0) is 6.54 Å². The number of nitrogens with zero attached hydrogens (tertiary/aromatic N) is 3. The molecule has 0 amide bonds. The van der Waals surface area contributed by atoms with Crippen LogP contribution in [0.4, 0.5) is 0 Å². The van der Waals surface area contributed by atoms with E-state index >= 15 is 0 Å². The summed E-state index contributed by atoms with van der Waals surface area (Å²) >= 11 is 0. The molecule has 0 aromatic carbocycles. The van der Waals surface area contributed by atoms with Gasteiger partial charge in [0.25, 0.3) is 0 Å². The van der Waals surface area contributed by atoms with Gasteiger partial charge in [0.05, 0.1) is 5.69 Å². The van der Waals surface area contributed by atoms with Crippen molar-refractivity contribution in [3.05, 3.63) is 11.4 Å². The van der Waals surface area contributed by atoms with E-state index in [-0.39, 0.29) is 5.69 Å². The van der Waals surface area contributed by atoms with Crippen molar-refractivity contribution in [1.82, 2.24) is 15.0 Å². The molecule has 1 rings (SSSR count). The molecule has 1 aromatic rings. The summed E-state index contributed by atoms with van der Waals surface area (Å²) in [5.41, 5.74) is 0.711. The number of hydrogen-bond acceptors (Lipinski definition) is 3. The lowest BCUT2D eigenvalue weighted by molar-refractivity contribution is 0.0689. The van der Waals surface area contributed by atoms with Crippen LogP contribution < -0.4 is 0 Å². The second-order valence-electron chi connectivity index (χ2n) is 4.43. The average Bonchev–Trinajstić information content (AvgIpc) is 2.66. The predicted octanol–water partition coefficient (Wildman–Crippen LogP) is 2.50. The Bertz CT molecular complexity index is 374. The molecule has 5 heteroatoms. The average molecular weight is 239 g/mol. The van der Waals surface area contributed by atoms with Gasteiger partial charge in [0.1, 0.15) is 0 Å². The van der Waals surface area contributed by atoms with Gasteiger partial charge in [-0.15, -0.1) is 5.10 Å². The van der Waals surface area contributed by atoms with Gasteiger partial charge in [-0.05, 0) is 19.3 Å². The van der Waals surface area contributed by atoms with Gasteiger partial charge in [0.15, 0.2) is 5.69 Å². The Hall–Kier alpha value is -1.39.